The molecule has 0 aliphatic carbocycles. The average molecular weight is 272 g/mol. The number of hydrogen-bond acceptors (Lipinski definition) is 3. The van der Waals surface area contributed by atoms with Gasteiger partial charge in [-0.3, -0.25) is 4.79 Å². The minimum Gasteiger partial charge on any atom is -0.481 e. The predicted molar refractivity (Wildman–Crippen MR) is 71.0 cm³/mol. The van der Waals surface area contributed by atoms with Gasteiger partial charge in [0, 0.05) is 26.7 Å². The van der Waals surface area contributed by atoms with E-state index in [1.54, 1.807) is 12.0 Å². The van der Waals surface area contributed by atoms with E-state index in [0.717, 1.165) is 12.8 Å². The number of ether oxygens (including phenoxy) is 1. The maximum atomic E-state index is 12.0. The van der Waals surface area contributed by atoms with Crippen LogP contribution in [0.1, 0.15) is 33.1 Å². The highest BCUT2D eigenvalue weighted by atomic mass is 16.5. The zero-order valence-electron chi connectivity index (χ0n) is 11.9. The van der Waals surface area contributed by atoms with Crippen LogP contribution in [0.3, 0.4) is 0 Å². The van der Waals surface area contributed by atoms with E-state index in [0.29, 0.717) is 19.5 Å². The number of carbonyl (C=O) groups is 2. The Morgan fingerprint density at radius 2 is 2.21 bits per heavy atom. The van der Waals surface area contributed by atoms with Gasteiger partial charge in [-0.25, -0.2) is 4.79 Å². The Morgan fingerprint density at radius 3 is 2.74 bits per heavy atom. The first-order chi connectivity index (χ1) is 8.91. The molecule has 1 saturated heterocycles. The molecule has 1 heterocycles. The number of nitrogens with zero attached hydrogens (tertiary/aromatic N) is 1. The number of piperidine rings is 1. The molecule has 2 N–H and O–H groups in total. The van der Waals surface area contributed by atoms with Crippen LogP contribution >= 0.6 is 0 Å². The van der Waals surface area contributed by atoms with Crippen molar-refractivity contribution in [1.29, 1.82) is 0 Å². The molecular weight excluding hydrogens is 248 g/mol. The van der Waals surface area contributed by atoms with Crippen LogP contribution < -0.4 is 5.32 Å². The molecule has 6 heteroatoms. The fourth-order valence-electron chi connectivity index (χ4n) is 2.08. The molecular formula is C13H24N2O4. The Labute approximate surface area is 114 Å². The van der Waals surface area contributed by atoms with Gasteiger partial charge in [-0.2, -0.15) is 0 Å². The molecule has 1 aliphatic rings. The zero-order chi connectivity index (χ0) is 14.5. The Bertz CT molecular complexity index is 329. The monoisotopic (exact) mass is 272 g/mol. The topological polar surface area (TPSA) is 78.9 Å². The van der Waals surface area contributed by atoms with E-state index >= 15 is 0 Å². The van der Waals surface area contributed by atoms with Crippen molar-refractivity contribution in [3.8, 4) is 0 Å². The summed E-state index contributed by atoms with van der Waals surface area (Å²) in [4.78, 5) is 24.5. The van der Waals surface area contributed by atoms with Gasteiger partial charge in [0.1, 0.15) is 0 Å². The molecule has 1 fully saturated rings. The zero-order valence-corrected chi connectivity index (χ0v) is 11.9. The largest absolute Gasteiger partial charge is 0.481 e. The van der Waals surface area contributed by atoms with Crippen LogP contribution in [0.25, 0.3) is 0 Å². The maximum absolute atomic E-state index is 12.0. The summed E-state index contributed by atoms with van der Waals surface area (Å²) in [6.45, 7) is 5.26. The van der Waals surface area contributed by atoms with Gasteiger partial charge in [-0.05, 0) is 26.2 Å². The lowest BCUT2D eigenvalue weighted by Crippen LogP contribution is -2.50. The van der Waals surface area contributed by atoms with Crippen LogP contribution in [-0.2, 0) is 9.53 Å². The number of likely N-dealkylation sites (tertiary alicyclic amines) is 1. The third-order valence-corrected chi connectivity index (χ3v) is 3.91. The van der Waals surface area contributed by atoms with E-state index < -0.39 is 11.9 Å². The quantitative estimate of drug-likeness (QED) is 0.791. The fraction of sp³-hybridized carbons (Fsp3) is 0.846. The highest BCUT2D eigenvalue weighted by molar-refractivity contribution is 5.76. The number of aliphatic carboxylic acids is 1. The van der Waals surface area contributed by atoms with Crippen molar-refractivity contribution < 1.29 is 19.4 Å². The molecule has 0 radical (unpaired) electrons. The molecule has 2 atom stereocenters. The van der Waals surface area contributed by atoms with Gasteiger partial charge in [0.25, 0.3) is 0 Å². The minimum absolute atomic E-state index is 0.206. The van der Waals surface area contributed by atoms with E-state index in [1.165, 1.54) is 0 Å². The van der Waals surface area contributed by atoms with Crippen molar-refractivity contribution in [3.63, 3.8) is 0 Å². The van der Waals surface area contributed by atoms with Crippen molar-refractivity contribution in [3.05, 3.63) is 0 Å². The van der Waals surface area contributed by atoms with Gasteiger partial charge in [-0.15, -0.1) is 0 Å². The number of carboxylic acid groups (broad SMARTS) is 1. The molecule has 0 aromatic carbocycles. The number of hydrogen-bond donors (Lipinski definition) is 2. The summed E-state index contributed by atoms with van der Waals surface area (Å²) in [6, 6.07) is -0.206. The summed E-state index contributed by atoms with van der Waals surface area (Å²) in [6.07, 6.45) is 2.17. The third-order valence-electron chi connectivity index (χ3n) is 3.91. The van der Waals surface area contributed by atoms with Gasteiger partial charge >= 0.3 is 12.0 Å². The van der Waals surface area contributed by atoms with Crippen molar-refractivity contribution in [2.24, 2.45) is 5.92 Å². The molecule has 0 bridgehead atoms. The van der Waals surface area contributed by atoms with Gasteiger partial charge in [-0.1, -0.05) is 6.92 Å². The minimum atomic E-state index is -0.826. The highest BCUT2D eigenvalue weighted by Crippen LogP contribution is 2.17. The normalized spacial score (nSPS) is 22.7. The molecule has 0 aromatic heterocycles. The van der Waals surface area contributed by atoms with Crippen molar-refractivity contribution in [1.82, 2.24) is 10.2 Å². The number of methoxy groups -OCH3 is 1. The molecule has 19 heavy (non-hydrogen) atoms. The van der Waals surface area contributed by atoms with Gasteiger partial charge in [0.15, 0.2) is 0 Å². The molecule has 6 nitrogen and oxygen atoms in total. The number of rotatable bonds is 5. The first kappa shape index (κ1) is 15.8. The van der Waals surface area contributed by atoms with Gasteiger partial charge < -0.3 is 20.1 Å². The standard InChI is InChI=1S/C13H24N2O4/c1-4-13(2,19-3)9-14-12(18)15-7-5-6-10(8-15)11(16)17/h10H,4-9H2,1-3H3,(H,14,18)(H,16,17). The Hall–Kier alpha value is -1.30. The first-order valence-electron chi connectivity index (χ1n) is 6.72. The second-order valence-electron chi connectivity index (χ2n) is 5.29. The molecule has 0 spiro atoms. The molecule has 0 saturated carbocycles. The molecule has 1 rings (SSSR count). The number of amides is 2. The van der Waals surface area contributed by atoms with E-state index in [1.807, 2.05) is 13.8 Å². The van der Waals surface area contributed by atoms with Crippen LogP contribution in [0.15, 0.2) is 0 Å². The Balaban J connectivity index is 2.47. The summed E-state index contributed by atoms with van der Waals surface area (Å²) < 4.78 is 5.36. The second kappa shape index (κ2) is 6.75. The van der Waals surface area contributed by atoms with E-state index in [-0.39, 0.29) is 18.2 Å². The summed E-state index contributed by atoms with van der Waals surface area (Å²) in [5, 5.41) is 11.8. The van der Waals surface area contributed by atoms with E-state index in [2.05, 4.69) is 5.32 Å². The fourth-order valence-corrected chi connectivity index (χ4v) is 2.08. The lowest BCUT2D eigenvalue weighted by molar-refractivity contribution is -0.143. The second-order valence-corrected chi connectivity index (χ2v) is 5.29. The van der Waals surface area contributed by atoms with Crippen LogP contribution in [0.5, 0.6) is 0 Å². The number of nitrogens with one attached hydrogen (secondary N) is 1. The highest BCUT2D eigenvalue weighted by Gasteiger charge is 2.29. The van der Waals surface area contributed by atoms with Crippen molar-refractivity contribution in [2.75, 3.05) is 26.7 Å². The molecule has 1 aliphatic heterocycles. The molecule has 0 aromatic rings. The van der Waals surface area contributed by atoms with Crippen molar-refractivity contribution >= 4 is 12.0 Å². The van der Waals surface area contributed by atoms with Crippen LogP contribution in [0, 0.1) is 5.92 Å². The lowest BCUT2D eigenvalue weighted by atomic mass is 9.98. The first-order valence-corrected chi connectivity index (χ1v) is 6.72. The smallest absolute Gasteiger partial charge is 0.317 e. The average Bonchev–Trinajstić information content (AvgIpc) is 2.44. The summed E-state index contributed by atoms with van der Waals surface area (Å²) in [5.41, 5.74) is -0.377. The number of carboxylic acids is 1. The summed E-state index contributed by atoms with van der Waals surface area (Å²) in [7, 11) is 1.62. The lowest BCUT2D eigenvalue weighted by Gasteiger charge is -2.33. The summed E-state index contributed by atoms with van der Waals surface area (Å²) >= 11 is 0. The SMILES string of the molecule is CCC(C)(CNC(=O)N1CCCC(C(=O)O)C1)OC. The van der Waals surface area contributed by atoms with Gasteiger partial charge in [0.05, 0.1) is 11.5 Å². The van der Waals surface area contributed by atoms with Crippen LogP contribution in [0.4, 0.5) is 4.79 Å². The predicted octanol–water partition coefficient (Wildman–Crippen LogP) is 1.31. The Kier molecular flexibility index (Phi) is 5.60. The van der Waals surface area contributed by atoms with E-state index in [9.17, 15) is 9.59 Å². The molecule has 2 amide bonds. The third kappa shape index (κ3) is 4.38. The maximum Gasteiger partial charge on any atom is 0.317 e. The number of urea groups is 1. The number of carbonyl (C=O) groups excluding carboxylic acids is 1. The van der Waals surface area contributed by atoms with E-state index in [4.69, 9.17) is 9.84 Å². The van der Waals surface area contributed by atoms with Crippen LogP contribution in [-0.4, -0.2) is 54.4 Å². The van der Waals surface area contributed by atoms with Crippen LogP contribution in [0.2, 0.25) is 0 Å². The van der Waals surface area contributed by atoms with Gasteiger partial charge in [0.2, 0.25) is 0 Å². The Morgan fingerprint density at radius 1 is 1.53 bits per heavy atom. The summed E-state index contributed by atoms with van der Waals surface area (Å²) in [5.74, 6) is -1.27. The van der Waals surface area contributed by atoms with Crippen molar-refractivity contribution in [2.45, 2.75) is 38.7 Å². The molecule has 2 unspecified atom stereocenters. The molecule has 110 valence electrons.